The van der Waals surface area contributed by atoms with E-state index in [0.29, 0.717) is 12.8 Å². The van der Waals surface area contributed by atoms with Gasteiger partial charge in [-0.1, -0.05) is 32.9 Å². The molecule has 0 aliphatic carbocycles. The molecule has 0 aliphatic heterocycles. The largest absolute Gasteiger partial charge is 0.508 e. The molecule has 0 fully saturated rings. The number of phenolic OH excluding ortho intramolecular Hbond substituents is 1. The first-order chi connectivity index (χ1) is 7.79. The van der Waals surface area contributed by atoms with Gasteiger partial charge in [0.15, 0.2) is 0 Å². The van der Waals surface area contributed by atoms with Gasteiger partial charge in [0.05, 0.1) is 0 Å². The third kappa shape index (κ3) is 4.57. The third-order valence-electron chi connectivity index (χ3n) is 2.87. The van der Waals surface area contributed by atoms with Crippen molar-refractivity contribution in [3.63, 3.8) is 0 Å². The van der Waals surface area contributed by atoms with Crippen molar-refractivity contribution in [3.8, 4) is 5.75 Å². The van der Waals surface area contributed by atoms with Crippen molar-refractivity contribution >= 4 is 5.78 Å². The van der Waals surface area contributed by atoms with E-state index in [2.05, 4.69) is 0 Å². The lowest BCUT2D eigenvalue weighted by molar-refractivity contribution is -0.119. The van der Waals surface area contributed by atoms with Crippen molar-refractivity contribution in [1.29, 1.82) is 0 Å². The Labute approximate surface area is 103 Å². The monoisotopic (exact) mass is 235 g/mol. The van der Waals surface area contributed by atoms with Crippen molar-refractivity contribution in [3.05, 3.63) is 29.8 Å². The summed E-state index contributed by atoms with van der Waals surface area (Å²) in [4.78, 5) is 11.8. The number of hydrogen-bond acceptors (Lipinski definition) is 3. The topological polar surface area (TPSA) is 63.3 Å². The van der Waals surface area contributed by atoms with Gasteiger partial charge in [0.25, 0.3) is 0 Å². The Morgan fingerprint density at radius 2 is 2.06 bits per heavy atom. The first kappa shape index (κ1) is 13.7. The zero-order valence-corrected chi connectivity index (χ0v) is 10.7. The van der Waals surface area contributed by atoms with E-state index >= 15 is 0 Å². The smallest absolute Gasteiger partial charge is 0.138 e. The maximum Gasteiger partial charge on any atom is 0.138 e. The fourth-order valence-electron chi connectivity index (χ4n) is 1.52. The quantitative estimate of drug-likeness (QED) is 0.841. The molecular formula is C14H21NO2. The number of ketones is 1. The highest BCUT2D eigenvalue weighted by molar-refractivity contribution is 5.81. The van der Waals surface area contributed by atoms with Crippen LogP contribution in [0.3, 0.4) is 0 Å². The van der Waals surface area contributed by atoms with Gasteiger partial charge in [0.2, 0.25) is 0 Å². The molecule has 0 heterocycles. The number of aromatic hydroxyl groups is 1. The minimum absolute atomic E-state index is 0.0610. The van der Waals surface area contributed by atoms with Crippen LogP contribution in [0.1, 0.15) is 32.8 Å². The molecule has 0 amide bonds. The van der Waals surface area contributed by atoms with Crippen LogP contribution in [-0.4, -0.2) is 16.9 Å². The molecule has 0 radical (unpaired) electrons. The lowest BCUT2D eigenvalue weighted by Crippen LogP contribution is -2.37. The number of Topliss-reactive ketones (excluding diaryl/α,β-unsaturated/α-hetero) is 1. The van der Waals surface area contributed by atoms with Gasteiger partial charge in [-0.15, -0.1) is 0 Å². The summed E-state index contributed by atoms with van der Waals surface area (Å²) in [5.41, 5.74) is 6.73. The Kier molecular flexibility index (Phi) is 4.29. The Morgan fingerprint density at radius 1 is 1.41 bits per heavy atom. The summed E-state index contributed by atoms with van der Waals surface area (Å²) >= 11 is 0. The van der Waals surface area contributed by atoms with E-state index in [0.717, 1.165) is 5.56 Å². The second-order valence-corrected chi connectivity index (χ2v) is 5.56. The van der Waals surface area contributed by atoms with E-state index in [4.69, 9.17) is 5.73 Å². The van der Waals surface area contributed by atoms with Crippen LogP contribution in [0.4, 0.5) is 0 Å². The van der Waals surface area contributed by atoms with Crippen molar-refractivity contribution in [1.82, 2.24) is 0 Å². The van der Waals surface area contributed by atoms with Crippen LogP contribution in [0, 0.1) is 5.41 Å². The molecule has 0 aromatic heterocycles. The zero-order valence-electron chi connectivity index (χ0n) is 10.7. The molecule has 3 N–H and O–H groups in total. The molecule has 0 bridgehead atoms. The molecule has 94 valence electrons. The molecule has 1 atom stereocenters. The molecule has 3 heteroatoms. The molecule has 1 aromatic rings. The van der Waals surface area contributed by atoms with E-state index in [1.807, 2.05) is 26.8 Å². The van der Waals surface area contributed by atoms with Crippen molar-refractivity contribution in [2.45, 2.75) is 39.7 Å². The van der Waals surface area contributed by atoms with E-state index in [9.17, 15) is 9.90 Å². The van der Waals surface area contributed by atoms with E-state index in [1.165, 1.54) is 0 Å². The maximum atomic E-state index is 11.8. The average Bonchev–Trinajstić information content (AvgIpc) is 2.15. The van der Waals surface area contributed by atoms with Crippen LogP contribution in [-0.2, 0) is 11.2 Å². The minimum atomic E-state index is -0.132. The molecule has 1 rings (SSSR count). The molecule has 17 heavy (non-hydrogen) atoms. The van der Waals surface area contributed by atoms with Crippen molar-refractivity contribution in [2.24, 2.45) is 11.1 Å². The molecule has 0 saturated carbocycles. The Balaban J connectivity index is 2.56. The predicted molar refractivity (Wildman–Crippen MR) is 68.9 cm³/mol. The Bertz CT molecular complexity index is 393. The first-order valence-electron chi connectivity index (χ1n) is 5.84. The van der Waals surface area contributed by atoms with Gasteiger partial charge in [-0.3, -0.25) is 4.79 Å². The number of benzene rings is 1. The summed E-state index contributed by atoms with van der Waals surface area (Å²) in [5.74, 6) is 0.299. The summed E-state index contributed by atoms with van der Waals surface area (Å²) in [6, 6.07) is 6.64. The van der Waals surface area contributed by atoms with Crippen LogP contribution in [0.5, 0.6) is 5.75 Å². The lowest BCUT2D eigenvalue weighted by Gasteiger charge is -2.26. The summed E-state index contributed by atoms with van der Waals surface area (Å²) in [5, 5.41) is 9.30. The van der Waals surface area contributed by atoms with Gasteiger partial charge in [0, 0.05) is 18.9 Å². The fourth-order valence-corrected chi connectivity index (χ4v) is 1.52. The van der Waals surface area contributed by atoms with E-state index in [-0.39, 0.29) is 23.0 Å². The predicted octanol–water partition coefficient (Wildman–Crippen LogP) is 2.27. The molecule has 1 unspecified atom stereocenters. The van der Waals surface area contributed by atoms with Crippen LogP contribution < -0.4 is 5.73 Å². The fraction of sp³-hybridized carbons (Fsp3) is 0.500. The molecule has 0 aliphatic rings. The standard InChI is InChI=1S/C14H21NO2/c1-14(2,3)13(15)9-12(17)8-10-5-4-6-11(16)7-10/h4-7,13,16H,8-9,15H2,1-3H3. The van der Waals surface area contributed by atoms with Crippen LogP contribution in [0.2, 0.25) is 0 Å². The minimum Gasteiger partial charge on any atom is -0.508 e. The van der Waals surface area contributed by atoms with Gasteiger partial charge >= 0.3 is 0 Å². The number of carbonyl (C=O) groups is 1. The number of nitrogens with two attached hydrogens (primary N) is 1. The highest BCUT2D eigenvalue weighted by Gasteiger charge is 2.22. The van der Waals surface area contributed by atoms with Gasteiger partial charge in [-0.2, -0.15) is 0 Å². The summed E-state index contributed by atoms with van der Waals surface area (Å²) in [7, 11) is 0. The van der Waals surface area contributed by atoms with E-state index < -0.39 is 0 Å². The normalized spacial score (nSPS) is 13.4. The van der Waals surface area contributed by atoms with Gasteiger partial charge in [-0.05, 0) is 23.1 Å². The average molecular weight is 235 g/mol. The number of carbonyl (C=O) groups excluding carboxylic acids is 1. The first-order valence-corrected chi connectivity index (χ1v) is 5.84. The zero-order chi connectivity index (χ0) is 13.1. The van der Waals surface area contributed by atoms with Crippen LogP contribution >= 0.6 is 0 Å². The summed E-state index contributed by atoms with van der Waals surface area (Å²) < 4.78 is 0. The molecule has 0 spiro atoms. The highest BCUT2D eigenvalue weighted by atomic mass is 16.3. The Hall–Kier alpha value is -1.35. The second-order valence-electron chi connectivity index (χ2n) is 5.56. The maximum absolute atomic E-state index is 11.8. The molecule has 0 saturated heterocycles. The Morgan fingerprint density at radius 3 is 2.59 bits per heavy atom. The number of hydrogen-bond donors (Lipinski definition) is 2. The van der Waals surface area contributed by atoms with Crippen molar-refractivity contribution < 1.29 is 9.90 Å². The second kappa shape index (κ2) is 5.32. The number of rotatable bonds is 4. The van der Waals surface area contributed by atoms with Crippen molar-refractivity contribution in [2.75, 3.05) is 0 Å². The van der Waals surface area contributed by atoms with Gasteiger partial charge < -0.3 is 10.8 Å². The molecule has 1 aromatic carbocycles. The lowest BCUT2D eigenvalue weighted by atomic mass is 9.84. The molecule has 3 nitrogen and oxygen atoms in total. The SMILES string of the molecule is CC(C)(C)C(N)CC(=O)Cc1cccc(O)c1. The number of phenols is 1. The summed E-state index contributed by atoms with van der Waals surface area (Å²) in [6.45, 7) is 6.08. The van der Waals surface area contributed by atoms with Crippen LogP contribution in [0.25, 0.3) is 0 Å². The molecular weight excluding hydrogens is 214 g/mol. The van der Waals surface area contributed by atoms with Gasteiger partial charge in [-0.25, -0.2) is 0 Å². The summed E-state index contributed by atoms with van der Waals surface area (Å²) in [6.07, 6.45) is 0.706. The third-order valence-corrected chi connectivity index (χ3v) is 2.87. The van der Waals surface area contributed by atoms with Gasteiger partial charge in [0.1, 0.15) is 11.5 Å². The van der Waals surface area contributed by atoms with Crippen LogP contribution in [0.15, 0.2) is 24.3 Å². The van der Waals surface area contributed by atoms with E-state index in [1.54, 1.807) is 18.2 Å². The highest BCUT2D eigenvalue weighted by Crippen LogP contribution is 2.21.